The minimum absolute atomic E-state index is 0.0493. The quantitative estimate of drug-likeness (QED) is 0.364. The highest BCUT2D eigenvalue weighted by Gasteiger charge is 2.03. The standard InChI is InChI=1S/C5H10N6O/c6-10-8-4-5(9-11-7)2-1-3-12/h5,12H,1-4H2. The normalized spacial score (nSPS) is 11.1. The molecule has 0 heterocycles. The number of nitrogens with zero attached hydrogens (tertiary/aromatic N) is 6. The van der Waals surface area contributed by atoms with Crippen molar-refractivity contribution in [2.45, 2.75) is 18.9 Å². The molecule has 0 rings (SSSR count). The van der Waals surface area contributed by atoms with Crippen LogP contribution in [0.25, 0.3) is 20.9 Å². The third kappa shape index (κ3) is 5.37. The summed E-state index contributed by atoms with van der Waals surface area (Å²) in [5.74, 6) is 0. The molecule has 0 aromatic heterocycles. The van der Waals surface area contributed by atoms with Gasteiger partial charge in [-0.2, -0.15) is 0 Å². The molecule has 0 aliphatic rings. The molecule has 0 aromatic carbocycles. The minimum Gasteiger partial charge on any atom is -0.396 e. The van der Waals surface area contributed by atoms with E-state index in [1.54, 1.807) is 0 Å². The molecular formula is C5H10N6O. The Morgan fingerprint density at radius 3 is 2.58 bits per heavy atom. The number of hydrogen-bond acceptors (Lipinski definition) is 3. The predicted octanol–water partition coefficient (Wildman–Crippen LogP) is 1.75. The van der Waals surface area contributed by atoms with Crippen LogP contribution in [0.2, 0.25) is 0 Å². The van der Waals surface area contributed by atoms with Gasteiger partial charge < -0.3 is 5.11 Å². The van der Waals surface area contributed by atoms with Crippen LogP contribution in [0.5, 0.6) is 0 Å². The molecule has 0 aliphatic carbocycles. The highest BCUT2D eigenvalue weighted by atomic mass is 16.2. The Morgan fingerprint density at radius 2 is 2.08 bits per heavy atom. The van der Waals surface area contributed by atoms with Crippen LogP contribution in [-0.2, 0) is 0 Å². The van der Waals surface area contributed by atoms with Crippen LogP contribution in [-0.4, -0.2) is 24.3 Å². The molecule has 0 amide bonds. The summed E-state index contributed by atoms with van der Waals surface area (Å²) in [6.45, 7) is 0.203. The number of rotatable bonds is 6. The van der Waals surface area contributed by atoms with Crippen LogP contribution in [0.4, 0.5) is 0 Å². The zero-order valence-electron chi connectivity index (χ0n) is 6.54. The SMILES string of the molecule is [N-]=[N+]=NCC(CCCO)N=[N+]=[N-]. The van der Waals surface area contributed by atoms with E-state index >= 15 is 0 Å². The van der Waals surface area contributed by atoms with Crippen molar-refractivity contribution in [2.24, 2.45) is 10.2 Å². The van der Waals surface area contributed by atoms with E-state index in [1.807, 2.05) is 0 Å². The van der Waals surface area contributed by atoms with Crippen molar-refractivity contribution in [3.05, 3.63) is 20.9 Å². The van der Waals surface area contributed by atoms with Gasteiger partial charge in [0, 0.05) is 29.0 Å². The summed E-state index contributed by atoms with van der Waals surface area (Å²) in [7, 11) is 0. The number of aliphatic hydroxyl groups excluding tert-OH is 1. The van der Waals surface area contributed by atoms with E-state index < -0.39 is 0 Å². The molecule has 0 bridgehead atoms. The van der Waals surface area contributed by atoms with Crippen LogP contribution < -0.4 is 0 Å². The molecule has 0 aromatic rings. The fourth-order valence-corrected chi connectivity index (χ4v) is 0.716. The van der Waals surface area contributed by atoms with Crippen molar-refractivity contribution < 1.29 is 5.11 Å². The monoisotopic (exact) mass is 170 g/mol. The maximum absolute atomic E-state index is 8.47. The third-order valence-corrected chi connectivity index (χ3v) is 1.27. The minimum atomic E-state index is -0.335. The lowest BCUT2D eigenvalue weighted by Gasteiger charge is -2.04. The van der Waals surface area contributed by atoms with Crippen molar-refractivity contribution in [1.29, 1.82) is 0 Å². The molecule has 0 saturated carbocycles. The summed E-state index contributed by atoms with van der Waals surface area (Å²) in [4.78, 5) is 5.15. The van der Waals surface area contributed by atoms with Crippen LogP contribution in [0.1, 0.15) is 12.8 Å². The second kappa shape index (κ2) is 7.68. The largest absolute Gasteiger partial charge is 0.396 e. The lowest BCUT2D eigenvalue weighted by Crippen LogP contribution is -2.07. The van der Waals surface area contributed by atoms with Crippen molar-refractivity contribution in [3.63, 3.8) is 0 Å². The van der Waals surface area contributed by atoms with E-state index in [1.165, 1.54) is 0 Å². The van der Waals surface area contributed by atoms with Crippen LogP contribution in [0.15, 0.2) is 10.2 Å². The number of aliphatic hydroxyl groups is 1. The van der Waals surface area contributed by atoms with Crippen molar-refractivity contribution in [2.75, 3.05) is 13.2 Å². The van der Waals surface area contributed by atoms with Crippen molar-refractivity contribution >= 4 is 0 Å². The van der Waals surface area contributed by atoms with E-state index in [0.717, 1.165) is 0 Å². The van der Waals surface area contributed by atoms with Gasteiger partial charge in [-0.1, -0.05) is 10.2 Å². The van der Waals surface area contributed by atoms with E-state index in [4.69, 9.17) is 16.2 Å². The average Bonchev–Trinajstić information content (AvgIpc) is 2.10. The van der Waals surface area contributed by atoms with Gasteiger partial charge in [-0.05, 0) is 23.9 Å². The van der Waals surface area contributed by atoms with E-state index in [0.29, 0.717) is 12.8 Å². The van der Waals surface area contributed by atoms with Gasteiger partial charge in [0.05, 0.1) is 0 Å². The summed E-state index contributed by atoms with van der Waals surface area (Å²) >= 11 is 0. The highest BCUT2D eigenvalue weighted by Crippen LogP contribution is 2.02. The first-order valence-corrected chi connectivity index (χ1v) is 3.51. The Bertz CT molecular complexity index is 204. The van der Waals surface area contributed by atoms with Gasteiger partial charge in [0.15, 0.2) is 0 Å². The maximum atomic E-state index is 8.47. The van der Waals surface area contributed by atoms with Gasteiger partial charge in [-0.3, -0.25) is 0 Å². The van der Waals surface area contributed by atoms with Crippen molar-refractivity contribution in [1.82, 2.24) is 0 Å². The molecule has 0 aliphatic heterocycles. The Balaban J connectivity index is 3.85. The molecule has 0 spiro atoms. The zero-order chi connectivity index (χ0) is 9.23. The predicted molar refractivity (Wildman–Crippen MR) is 43.3 cm³/mol. The summed E-state index contributed by atoms with van der Waals surface area (Å²) in [6.07, 6.45) is 1.09. The Kier molecular flexibility index (Phi) is 6.78. The first-order chi connectivity index (χ1) is 5.85. The van der Waals surface area contributed by atoms with E-state index in [9.17, 15) is 0 Å². The van der Waals surface area contributed by atoms with Gasteiger partial charge >= 0.3 is 0 Å². The molecule has 0 radical (unpaired) electrons. The molecule has 0 saturated heterocycles. The second-order valence-electron chi connectivity index (χ2n) is 2.14. The van der Waals surface area contributed by atoms with Gasteiger partial charge in [0.25, 0.3) is 0 Å². The average molecular weight is 170 g/mol. The zero-order valence-corrected chi connectivity index (χ0v) is 6.54. The van der Waals surface area contributed by atoms with Crippen molar-refractivity contribution in [3.8, 4) is 0 Å². The Hall–Kier alpha value is -1.42. The lowest BCUT2D eigenvalue weighted by molar-refractivity contribution is 0.280. The third-order valence-electron chi connectivity index (χ3n) is 1.27. The lowest BCUT2D eigenvalue weighted by atomic mass is 10.2. The Labute approximate surface area is 69.3 Å². The molecule has 1 unspecified atom stereocenters. The fourth-order valence-electron chi connectivity index (χ4n) is 0.716. The topological polar surface area (TPSA) is 118 Å². The summed E-state index contributed by atoms with van der Waals surface area (Å²) < 4.78 is 0. The van der Waals surface area contributed by atoms with E-state index in [-0.39, 0.29) is 19.2 Å². The summed E-state index contributed by atoms with van der Waals surface area (Å²) in [5, 5.41) is 15.2. The van der Waals surface area contributed by atoms with Gasteiger partial charge in [-0.25, -0.2) is 0 Å². The van der Waals surface area contributed by atoms with Gasteiger partial charge in [0.1, 0.15) is 0 Å². The number of hydrogen-bond donors (Lipinski definition) is 1. The first kappa shape index (κ1) is 10.6. The smallest absolute Gasteiger partial charge is 0.0431 e. The molecule has 66 valence electrons. The summed E-state index contributed by atoms with van der Waals surface area (Å²) in [5.41, 5.74) is 16.1. The Morgan fingerprint density at radius 1 is 1.33 bits per heavy atom. The molecule has 1 N–H and O–H groups in total. The maximum Gasteiger partial charge on any atom is 0.0431 e. The van der Waals surface area contributed by atoms with E-state index in [2.05, 4.69) is 20.1 Å². The molecule has 1 atom stereocenters. The summed E-state index contributed by atoms with van der Waals surface area (Å²) in [6, 6.07) is -0.335. The van der Waals surface area contributed by atoms with Crippen LogP contribution in [0, 0.1) is 0 Å². The molecule has 7 nitrogen and oxygen atoms in total. The molecule has 0 fully saturated rings. The highest BCUT2D eigenvalue weighted by molar-refractivity contribution is 4.69. The fraction of sp³-hybridized carbons (Fsp3) is 1.00. The van der Waals surface area contributed by atoms with Gasteiger partial charge in [-0.15, -0.1) is 0 Å². The van der Waals surface area contributed by atoms with Gasteiger partial charge in [0.2, 0.25) is 0 Å². The molecule has 12 heavy (non-hydrogen) atoms. The van der Waals surface area contributed by atoms with Crippen LogP contribution in [0.3, 0.4) is 0 Å². The van der Waals surface area contributed by atoms with Crippen LogP contribution >= 0.6 is 0 Å². The molecular weight excluding hydrogens is 160 g/mol. The molecule has 7 heteroatoms. The number of azide groups is 2. The second-order valence-corrected chi connectivity index (χ2v) is 2.14. The first-order valence-electron chi connectivity index (χ1n) is 3.51.